The van der Waals surface area contributed by atoms with Gasteiger partial charge in [-0.3, -0.25) is 0 Å². The van der Waals surface area contributed by atoms with Gasteiger partial charge < -0.3 is 20.4 Å². The smallest absolute Gasteiger partial charge is 0.0464 e. The molecule has 274 valence electrons. The summed E-state index contributed by atoms with van der Waals surface area (Å²) in [6.07, 6.45) is 0. The molecule has 8 rings (SSSR count). The zero-order chi connectivity index (χ0) is 38.6. The van der Waals surface area contributed by atoms with Crippen molar-refractivity contribution in [2.45, 2.75) is 27.7 Å². The molecule has 0 saturated heterocycles. The molecule has 0 aliphatic rings. The normalized spacial score (nSPS) is 10.9. The topological polar surface area (TPSA) is 35.7 Å². The van der Waals surface area contributed by atoms with Crippen LogP contribution in [-0.2, 0) is 0 Å². The molecule has 0 aliphatic carbocycles. The van der Waals surface area contributed by atoms with Crippen LogP contribution < -0.4 is 20.4 Å². The summed E-state index contributed by atoms with van der Waals surface area (Å²) in [7, 11) is 0. The van der Waals surface area contributed by atoms with E-state index in [1.165, 1.54) is 22.3 Å². The molecule has 0 aromatic heterocycles. The predicted octanol–water partition coefficient (Wildman–Crippen LogP) is 14.6. The standard InChI is InChI=1S/C52H46N4/c1-37-9-5-13-49(33-37)55(50-14-6-10-38(2)34-50)47-29-25-45(26-30-47)54(44-23-19-42(20-24-44)41-17-21-43(53)22-18-41)46-27-31-48(32-28-46)56(51-15-7-11-39(3)35-51)52-16-8-12-40(4)36-52/h5-36H,53H2,1-4H3. The highest BCUT2D eigenvalue weighted by atomic mass is 15.2. The second-order valence-electron chi connectivity index (χ2n) is 14.6. The summed E-state index contributed by atoms with van der Waals surface area (Å²) < 4.78 is 0. The molecule has 0 fully saturated rings. The van der Waals surface area contributed by atoms with Crippen LogP contribution in [0.4, 0.5) is 56.9 Å². The molecule has 0 spiro atoms. The Balaban J connectivity index is 1.21. The van der Waals surface area contributed by atoms with E-state index < -0.39 is 0 Å². The Morgan fingerprint density at radius 3 is 0.768 bits per heavy atom. The van der Waals surface area contributed by atoms with Crippen molar-refractivity contribution in [1.29, 1.82) is 0 Å². The lowest BCUT2D eigenvalue weighted by Gasteiger charge is -2.30. The molecule has 0 saturated carbocycles. The second-order valence-corrected chi connectivity index (χ2v) is 14.6. The van der Waals surface area contributed by atoms with Gasteiger partial charge in [0.1, 0.15) is 0 Å². The number of anilines is 10. The average molecular weight is 727 g/mol. The lowest BCUT2D eigenvalue weighted by molar-refractivity contribution is 1.23. The van der Waals surface area contributed by atoms with Gasteiger partial charge in [0.05, 0.1) is 0 Å². The number of aryl methyl sites for hydroxylation is 4. The van der Waals surface area contributed by atoms with Crippen molar-refractivity contribution < 1.29 is 0 Å². The lowest BCUT2D eigenvalue weighted by atomic mass is 10.0. The van der Waals surface area contributed by atoms with E-state index in [1.807, 2.05) is 12.1 Å². The Labute approximate surface area is 331 Å². The molecule has 4 heteroatoms. The zero-order valence-electron chi connectivity index (χ0n) is 32.4. The summed E-state index contributed by atoms with van der Waals surface area (Å²) in [5.41, 5.74) is 23.8. The maximum atomic E-state index is 6.00. The first-order chi connectivity index (χ1) is 27.3. The van der Waals surface area contributed by atoms with Crippen molar-refractivity contribution in [3.05, 3.63) is 216 Å². The second kappa shape index (κ2) is 15.7. The largest absolute Gasteiger partial charge is 0.399 e. The SMILES string of the molecule is Cc1cccc(N(c2ccc(N(c3ccc(-c4ccc(N)cc4)cc3)c3ccc(N(c4cccc(C)c4)c4cccc(C)c4)cc3)cc2)c2cccc(C)c2)c1. The minimum Gasteiger partial charge on any atom is -0.399 e. The first-order valence-corrected chi connectivity index (χ1v) is 19.1. The first kappa shape index (κ1) is 36.0. The minimum absolute atomic E-state index is 0.759. The van der Waals surface area contributed by atoms with Gasteiger partial charge in [-0.25, -0.2) is 0 Å². The Morgan fingerprint density at radius 1 is 0.268 bits per heavy atom. The Bertz CT molecular complexity index is 2340. The van der Waals surface area contributed by atoms with Gasteiger partial charge in [-0.15, -0.1) is 0 Å². The molecule has 8 aromatic carbocycles. The lowest BCUT2D eigenvalue weighted by Crippen LogP contribution is -2.13. The van der Waals surface area contributed by atoms with E-state index in [9.17, 15) is 0 Å². The van der Waals surface area contributed by atoms with E-state index in [4.69, 9.17) is 5.73 Å². The maximum Gasteiger partial charge on any atom is 0.0464 e. The quantitative estimate of drug-likeness (QED) is 0.142. The molecular weight excluding hydrogens is 681 g/mol. The fourth-order valence-electron chi connectivity index (χ4n) is 7.39. The van der Waals surface area contributed by atoms with E-state index in [2.05, 4.69) is 224 Å². The van der Waals surface area contributed by atoms with Crippen LogP contribution in [0.2, 0.25) is 0 Å². The summed E-state index contributed by atoms with van der Waals surface area (Å²) in [4.78, 5) is 6.98. The number of hydrogen-bond donors (Lipinski definition) is 1. The summed E-state index contributed by atoms with van der Waals surface area (Å²) in [5.74, 6) is 0. The molecule has 56 heavy (non-hydrogen) atoms. The number of benzene rings is 8. The molecular formula is C52H46N4. The summed E-state index contributed by atoms with van der Waals surface area (Å²) in [6, 6.07) is 69.3. The van der Waals surface area contributed by atoms with E-state index >= 15 is 0 Å². The molecule has 0 amide bonds. The van der Waals surface area contributed by atoms with Crippen LogP contribution in [0, 0.1) is 27.7 Å². The highest BCUT2D eigenvalue weighted by Crippen LogP contribution is 2.42. The molecule has 0 unspecified atom stereocenters. The predicted molar refractivity (Wildman–Crippen MR) is 239 cm³/mol. The molecule has 4 nitrogen and oxygen atoms in total. The fourth-order valence-corrected chi connectivity index (χ4v) is 7.39. The number of nitrogens with two attached hydrogens (primary N) is 1. The third kappa shape index (κ3) is 7.77. The zero-order valence-corrected chi connectivity index (χ0v) is 32.4. The molecule has 2 N–H and O–H groups in total. The Morgan fingerprint density at radius 2 is 0.500 bits per heavy atom. The van der Waals surface area contributed by atoms with Gasteiger partial charge in [0, 0.05) is 56.9 Å². The van der Waals surface area contributed by atoms with Crippen LogP contribution in [0.3, 0.4) is 0 Å². The van der Waals surface area contributed by atoms with Crippen LogP contribution in [0.15, 0.2) is 194 Å². The van der Waals surface area contributed by atoms with Crippen molar-refractivity contribution in [1.82, 2.24) is 0 Å². The van der Waals surface area contributed by atoms with Gasteiger partial charge in [0.2, 0.25) is 0 Å². The monoisotopic (exact) mass is 726 g/mol. The van der Waals surface area contributed by atoms with Gasteiger partial charge in [0.15, 0.2) is 0 Å². The summed E-state index contributed by atoms with van der Waals surface area (Å²) in [5, 5.41) is 0. The van der Waals surface area contributed by atoms with Crippen LogP contribution in [0.1, 0.15) is 22.3 Å². The van der Waals surface area contributed by atoms with E-state index in [1.54, 1.807) is 0 Å². The van der Waals surface area contributed by atoms with E-state index in [0.29, 0.717) is 0 Å². The van der Waals surface area contributed by atoms with Crippen molar-refractivity contribution in [3.8, 4) is 11.1 Å². The van der Waals surface area contributed by atoms with Crippen molar-refractivity contribution in [3.63, 3.8) is 0 Å². The Kier molecular flexibility index (Phi) is 10.1. The van der Waals surface area contributed by atoms with Gasteiger partial charge in [-0.2, -0.15) is 0 Å². The molecule has 8 aromatic rings. The van der Waals surface area contributed by atoms with Crippen molar-refractivity contribution >= 4 is 56.9 Å². The van der Waals surface area contributed by atoms with Crippen LogP contribution in [0.5, 0.6) is 0 Å². The number of nitrogen functional groups attached to an aromatic ring is 1. The summed E-state index contributed by atoms with van der Waals surface area (Å²) >= 11 is 0. The highest BCUT2D eigenvalue weighted by molar-refractivity contribution is 5.84. The van der Waals surface area contributed by atoms with E-state index in [0.717, 1.165) is 68.0 Å². The highest BCUT2D eigenvalue weighted by Gasteiger charge is 2.18. The maximum absolute atomic E-state index is 6.00. The van der Waals surface area contributed by atoms with Crippen molar-refractivity contribution in [2.75, 3.05) is 20.4 Å². The first-order valence-electron chi connectivity index (χ1n) is 19.1. The van der Waals surface area contributed by atoms with E-state index in [-0.39, 0.29) is 0 Å². The van der Waals surface area contributed by atoms with Crippen LogP contribution in [0.25, 0.3) is 11.1 Å². The molecule has 0 radical (unpaired) electrons. The third-order valence-electron chi connectivity index (χ3n) is 10.1. The van der Waals surface area contributed by atoms with Crippen LogP contribution >= 0.6 is 0 Å². The molecule has 0 aliphatic heterocycles. The number of hydrogen-bond acceptors (Lipinski definition) is 4. The molecule has 0 heterocycles. The molecule has 0 bridgehead atoms. The fraction of sp³-hybridized carbons (Fsp3) is 0.0769. The van der Waals surface area contributed by atoms with Crippen LogP contribution in [-0.4, -0.2) is 0 Å². The third-order valence-corrected chi connectivity index (χ3v) is 10.1. The summed E-state index contributed by atoms with van der Waals surface area (Å²) in [6.45, 7) is 8.57. The number of rotatable bonds is 10. The average Bonchev–Trinajstić information content (AvgIpc) is 3.20. The van der Waals surface area contributed by atoms with Gasteiger partial charge >= 0.3 is 0 Å². The van der Waals surface area contributed by atoms with Gasteiger partial charge in [-0.05, 0) is 182 Å². The number of nitrogens with zero attached hydrogens (tertiary/aromatic N) is 3. The van der Waals surface area contributed by atoms with Gasteiger partial charge in [0.25, 0.3) is 0 Å². The van der Waals surface area contributed by atoms with Gasteiger partial charge in [-0.1, -0.05) is 72.8 Å². The van der Waals surface area contributed by atoms with Crippen molar-refractivity contribution in [2.24, 2.45) is 0 Å². The Hall–Kier alpha value is -7.04. The minimum atomic E-state index is 0.759. The molecule has 0 atom stereocenters.